The molecule has 0 spiro atoms. The molecule has 2 rings (SSSR count). The monoisotopic (exact) mass is 314 g/mol. The minimum Gasteiger partial charge on any atom is -0.494 e. The summed E-state index contributed by atoms with van der Waals surface area (Å²) in [5.74, 6) is -0.788. The molecule has 2 aromatic rings. The maximum absolute atomic E-state index is 11.8. The van der Waals surface area contributed by atoms with E-state index in [4.69, 9.17) is 4.74 Å². The molecule has 0 saturated heterocycles. The molecule has 0 radical (unpaired) electrons. The highest BCUT2D eigenvalue weighted by atomic mass is 17.2. The molecule has 0 aliphatic carbocycles. The molecule has 23 heavy (non-hydrogen) atoms. The smallest absolute Gasteiger partial charge is 0.386 e. The standard InChI is InChI=1S/C18H18O5/c1-2-3-13-21-16-11-9-15(10-12-16)18(20)23-22-17(19)14-7-5-4-6-8-14/h4-12H,2-3,13H2,1H3. The summed E-state index contributed by atoms with van der Waals surface area (Å²) in [6, 6.07) is 14.7. The van der Waals surface area contributed by atoms with Crippen molar-refractivity contribution in [3.63, 3.8) is 0 Å². The van der Waals surface area contributed by atoms with E-state index in [1.165, 1.54) is 0 Å². The Bertz CT molecular complexity index is 634. The molecule has 0 amide bonds. The molecule has 0 aliphatic rings. The molecule has 0 fully saturated rings. The van der Waals surface area contributed by atoms with Gasteiger partial charge in [0.15, 0.2) is 0 Å². The summed E-state index contributed by atoms with van der Waals surface area (Å²) < 4.78 is 5.50. The second-order valence-corrected chi connectivity index (χ2v) is 4.83. The Labute approximate surface area is 134 Å². The van der Waals surface area contributed by atoms with Crippen molar-refractivity contribution in [3.05, 3.63) is 65.7 Å². The molecule has 0 atom stereocenters. The lowest BCUT2D eigenvalue weighted by Crippen LogP contribution is -2.11. The van der Waals surface area contributed by atoms with Crippen molar-refractivity contribution < 1.29 is 24.1 Å². The van der Waals surface area contributed by atoms with Gasteiger partial charge in [0.1, 0.15) is 5.75 Å². The molecular weight excluding hydrogens is 296 g/mol. The maximum atomic E-state index is 11.8. The van der Waals surface area contributed by atoms with Crippen molar-refractivity contribution in [1.29, 1.82) is 0 Å². The van der Waals surface area contributed by atoms with Crippen molar-refractivity contribution >= 4 is 11.9 Å². The van der Waals surface area contributed by atoms with Gasteiger partial charge in [-0.05, 0) is 42.8 Å². The zero-order valence-corrected chi connectivity index (χ0v) is 12.9. The lowest BCUT2D eigenvalue weighted by atomic mass is 10.2. The SMILES string of the molecule is CCCCOc1ccc(C(=O)OOC(=O)c2ccccc2)cc1. The number of benzene rings is 2. The highest BCUT2D eigenvalue weighted by Crippen LogP contribution is 2.14. The van der Waals surface area contributed by atoms with Gasteiger partial charge < -0.3 is 4.74 Å². The second-order valence-electron chi connectivity index (χ2n) is 4.83. The van der Waals surface area contributed by atoms with Crippen molar-refractivity contribution in [3.8, 4) is 5.75 Å². The summed E-state index contributed by atoms with van der Waals surface area (Å²) in [7, 11) is 0. The third-order valence-electron chi connectivity index (χ3n) is 3.06. The minimum atomic E-state index is -0.741. The van der Waals surface area contributed by atoms with Crippen LogP contribution in [0, 0.1) is 0 Å². The summed E-state index contributed by atoms with van der Waals surface area (Å²) in [4.78, 5) is 32.6. The Morgan fingerprint density at radius 3 is 1.96 bits per heavy atom. The first-order valence-electron chi connectivity index (χ1n) is 7.42. The van der Waals surface area contributed by atoms with Crippen LogP contribution >= 0.6 is 0 Å². The Kier molecular flexibility index (Phi) is 6.17. The lowest BCUT2D eigenvalue weighted by Gasteiger charge is -2.06. The van der Waals surface area contributed by atoms with Gasteiger partial charge in [-0.1, -0.05) is 31.5 Å². The Morgan fingerprint density at radius 2 is 1.39 bits per heavy atom. The van der Waals surface area contributed by atoms with Crippen LogP contribution in [-0.2, 0) is 9.78 Å². The van der Waals surface area contributed by atoms with E-state index in [9.17, 15) is 9.59 Å². The van der Waals surface area contributed by atoms with E-state index in [0.717, 1.165) is 12.8 Å². The summed E-state index contributed by atoms with van der Waals surface area (Å²) in [5.41, 5.74) is 0.577. The van der Waals surface area contributed by atoms with E-state index in [0.29, 0.717) is 17.9 Å². The normalized spacial score (nSPS) is 9.96. The van der Waals surface area contributed by atoms with Crippen LogP contribution in [0.3, 0.4) is 0 Å². The van der Waals surface area contributed by atoms with E-state index in [1.54, 1.807) is 54.6 Å². The van der Waals surface area contributed by atoms with Gasteiger partial charge in [-0.3, -0.25) is 0 Å². The number of hydrogen-bond donors (Lipinski definition) is 0. The van der Waals surface area contributed by atoms with Gasteiger partial charge in [-0.15, -0.1) is 0 Å². The van der Waals surface area contributed by atoms with Crippen LogP contribution in [0.4, 0.5) is 0 Å². The first-order valence-corrected chi connectivity index (χ1v) is 7.42. The Hall–Kier alpha value is -2.82. The number of carbonyl (C=O) groups is 2. The highest BCUT2D eigenvalue weighted by Gasteiger charge is 2.13. The van der Waals surface area contributed by atoms with Gasteiger partial charge in [0.2, 0.25) is 0 Å². The molecule has 0 aliphatic heterocycles. The van der Waals surface area contributed by atoms with Crippen molar-refractivity contribution in [2.75, 3.05) is 6.61 Å². The third kappa shape index (κ3) is 5.14. The molecule has 5 nitrogen and oxygen atoms in total. The molecule has 0 saturated carbocycles. The molecule has 0 unspecified atom stereocenters. The van der Waals surface area contributed by atoms with Crippen LogP contribution in [0.2, 0.25) is 0 Å². The van der Waals surface area contributed by atoms with Gasteiger partial charge >= 0.3 is 11.9 Å². The van der Waals surface area contributed by atoms with Crippen LogP contribution in [0.1, 0.15) is 40.5 Å². The molecular formula is C18H18O5. The molecule has 0 heterocycles. The third-order valence-corrected chi connectivity index (χ3v) is 3.06. The van der Waals surface area contributed by atoms with Gasteiger partial charge in [-0.25, -0.2) is 19.4 Å². The zero-order chi connectivity index (χ0) is 16.5. The van der Waals surface area contributed by atoms with Crippen LogP contribution < -0.4 is 4.74 Å². The fourth-order valence-corrected chi connectivity index (χ4v) is 1.77. The van der Waals surface area contributed by atoms with Crippen LogP contribution in [0.5, 0.6) is 5.75 Å². The Morgan fingerprint density at radius 1 is 0.826 bits per heavy atom. The van der Waals surface area contributed by atoms with Crippen LogP contribution in [0.15, 0.2) is 54.6 Å². The van der Waals surface area contributed by atoms with Gasteiger partial charge in [-0.2, -0.15) is 0 Å². The summed E-state index contributed by atoms with van der Waals surface area (Å²) in [6.45, 7) is 2.72. The predicted octanol–water partition coefficient (Wildman–Crippen LogP) is 3.79. The van der Waals surface area contributed by atoms with Gasteiger partial charge in [0.05, 0.1) is 17.7 Å². The van der Waals surface area contributed by atoms with E-state index >= 15 is 0 Å². The van der Waals surface area contributed by atoms with E-state index in [2.05, 4.69) is 16.7 Å². The van der Waals surface area contributed by atoms with Crippen molar-refractivity contribution in [2.45, 2.75) is 19.8 Å². The number of hydrogen-bond acceptors (Lipinski definition) is 5. The van der Waals surface area contributed by atoms with Crippen molar-refractivity contribution in [2.24, 2.45) is 0 Å². The zero-order valence-electron chi connectivity index (χ0n) is 12.9. The fraction of sp³-hybridized carbons (Fsp3) is 0.222. The highest BCUT2D eigenvalue weighted by molar-refractivity contribution is 5.92. The lowest BCUT2D eigenvalue weighted by molar-refractivity contribution is -0.187. The Balaban J connectivity index is 1.84. The summed E-state index contributed by atoms with van der Waals surface area (Å²) >= 11 is 0. The van der Waals surface area contributed by atoms with Gasteiger partial charge in [0.25, 0.3) is 0 Å². The summed E-state index contributed by atoms with van der Waals surface area (Å²) in [5, 5.41) is 0. The first-order chi connectivity index (χ1) is 11.2. The van der Waals surface area contributed by atoms with E-state index in [-0.39, 0.29) is 5.56 Å². The molecule has 0 aromatic heterocycles. The fourth-order valence-electron chi connectivity index (χ4n) is 1.77. The average molecular weight is 314 g/mol. The number of rotatable bonds is 6. The maximum Gasteiger partial charge on any atom is 0.386 e. The van der Waals surface area contributed by atoms with Crippen LogP contribution in [-0.4, -0.2) is 18.5 Å². The second kappa shape index (κ2) is 8.58. The van der Waals surface area contributed by atoms with Crippen molar-refractivity contribution in [1.82, 2.24) is 0 Å². The molecule has 0 N–H and O–H groups in total. The van der Waals surface area contributed by atoms with E-state index in [1.807, 2.05) is 0 Å². The average Bonchev–Trinajstić information content (AvgIpc) is 2.61. The first kappa shape index (κ1) is 16.5. The number of ether oxygens (including phenoxy) is 1. The van der Waals surface area contributed by atoms with Crippen LogP contribution in [0.25, 0.3) is 0 Å². The molecule has 5 heteroatoms. The topological polar surface area (TPSA) is 61.8 Å². The summed E-state index contributed by atoms with van der Waals surface area (Å²) in [6.07, 6.45) is 2.02. The largest absolute Gasteiger partial charge is 0.494 e. The van der Waals surface area contributed by atoms with Gasteiger partial charge in [0, 0.05) is 0 Å². The minimum absolute atomic E-state index is 0.272. The quantitative estimate of drug-likeness (QED) is 0.461. The number of unbranched alkanes of at least 4 members (excludes halogenated alkanes) is 1. The molecule has 120 valence electrons. The molecule has 2 aromatic carbocycles. The predicted molar refractivity (Wildman–Crippen MR) is 84.1 cm³/mol. The molecule has 0 bridgehead atoms. The number of carbonyl (C=O) groups excluding carboxylic acids is 2. The van der Waals surface area contributed by atoms with E-state index < -0.39 is 11.9 Å².